The predicted octanol–water partition coefficient (Wildman–Crippen LogP) is 0.943. The monoisotopic (exact) mass is 285 g/mol. The summed E-state index contributed by atoms with van der Waals surface area (Å²) in [5.41, 5.74) is 0.971. The van der Waals surface area contributed by atoms with E-state index in [1.54, 1.807) is 12.4 Å². The van der Waals surface area contributed by atoms with Crippen LogP contribution in [0, 0.1) is 6.92 Å². The SMILES string of the molecule is CNc1nc(C)cc(N2CCN(c3ncccn3)CC2)n1. The van der Waals surface area contributed by atoms with Crippen LogP contribution in [-0.4, -0.2) is 53.2 Å². The highest BCUT2D eigenvalue weighted by atomic mass is 15.3. The maximum absolute atomic E-state index is 4.53. The summed E-state index contributed by atoms with van der Waals surface area (Å²) in [7, 11) is 1.84. The minimum absolute atomic E-state index is 0.666. The Labute approximate surface area is 124 Å². The van der Waals surface area contributed by atoms with Gasteiger partial charge >= 0.3 is 0 Å². The summed E-state index contributed by atoms with van der Waals surface area (Å²) in [4.78, 5) is 21.9. The predicted molar refractivity (Wildman–Crippen MR) is 82.8 cm³/mol. The fraction of sp³-hybridized carbons (Fsp3) is 0.429. The highest BCUT2D eigenvalue weighted by Gasteiger charge is 2.20. The molecule has 1 N–H and O–H groups in total. The molecule has 0 amide bonds. The molecule has 3 heterocycles. The minimum Gasteiger partial charge on any atom is -0.357 e. The molecular weight excluding hydrogens is 266 g/mol. The van der Waals surface area contributed by atoms with E-state index in [1.807, 2.05) is 26.1 Å². The van der Waals surface area contributed by atoms with Crippen LogP contribution in [0.5, 0.6) is 0 Å². The second-order valence-electron chi connectivity index (χ2n) is 4.96. The van der Waals surface area contributed by atoms with Crippen LogP contribution < -0.4 is 15.1 Å². The van der Waals surface area contributed by atoms with Gasteiger partial charge in [0.2, 0.25) is 11.9 Å². The summed E-state index contributed by atoms with van der Waals surface area (Å²) in [6, 6.07) is 3.86. The first-order chi connectivity index (χ1) is 10.3. The summed E-state index contributed by atoms with van der Waals surface area (Å²) in [6.07, 6.45) is 3.56. The molecule has 0 atom stereocenters. The molecule has 1 aliphatic heterocycles. The van der Waals surface area contributed by atoms with Crippen molar-refractivity contribution in [3.8, 4) is 0 Å². The van der Waals surface area contributed by atoms with Crippen molar-refractivity contribution < 1.29 is 0 Å². The van der Waals surface area contributed by atoms with E-state index in [9.17, 15) is 0 Å². The van der Waals surface area contributed by atoms with E-state index in [-0.39, 0.29) is 0 Å². The Morgan fingerprint density at radius 1 is 1.00 bits per heavy atom. The third-order valence-corrected chi connectivity index (χ3v) is 3.50. The number of aromatic nitrogens is 4. The van der Waals surface area contributed by atoms with Gasteiger partial charge in [-0.15, -0.1) is 0 Å². The Morgan fingerprint density at radius 3 is 2.33 bits per heavy atom. The molecule has 7 heteroatoms. The molecule has 2 aromatic heterocycles. The topological polar surface area (TPSA) is 70.1 Å². The van der Waals surface area contributed by atoms with Crippen LogP contribution in [0.3, 0.4) is 0 Å². The molecule has 110 valence electrons. The number of rotatable bonds is 3. The number of nitrogens with zero attached hydrogens (tertiary/aromatic N) is 6. The van der Waals surface area contributed by atoms with Crippen molar-refractivity contribution in [2.24, 2.45) is 0 Å². The first kappa shape index (κ1) is 13.5. The van der Waals surface area contributed by atoms with E-state index >= 15 is 0 Å². The lowest BCUT2D eigenvalue weighted by atomic mass is 10.3. The van der Waals surface area contributed by atoms with Gasteiger partial charge in [0.15, 0.2) is 0 Å². The maximum Gasteiger partial charge on any atom is 0.225 e. The molecule has 21 heavy (non-hydrogen) atoms. The average molecular weight is 285 g/mol. The third-order valence-electron chi connectivity index (χ3n) is 3.50. The van der Waals surface area contributed by atoms with E-state index in [0.717, 1.165) is 43.6 Å². The van der Waals surface area contributed by atoms with Gasteiger partial charge in [-0.25, -0.2) is 15.0 Å². The average Bonchev–Trinajstić information content (AvgIpc) is 2.55. The van der Waals surface area contributed by atoms with Gasteiger partial charge in [0, 0.05) is 57.4 Å². The Kier molecular flexibility index (Phi) is 3.81. The Balaban J connectivity index is 1.70. The van der Waals surface area contributed by atoms with Crippen molar-refractivity contribution in [1.29, 1.82) is 0 Å². The number of aryl methyl sites for hydroxylation is 1. The second kappa shape index (κ2) is 5.90. The molecule has 0 unspecified atom stereocenters. The van der Waals surface area contributed by atoms with Crippen LogP contribution in [-0.2, 0) is 0 Å². The van der Waals surface area contributed by atoms with Crippen LogP contribution in [0.4, 0.5) is 17.7 Å². The van der Waals surface area contributed by atoms with Crippen LogP contribution >= 0.6 is 0 Å². The molecule has 0 aliphatic carbocycles. The zero-order valence-electron chi connectivity index (χ0n) is 12.3. The number of anilines is 3. The summed E-state index contributed by atoms with van der Waals surface area (Å²) in [6.45, 7) is 5.57. The van der Waals surface area contributed by atoms with Crippen molar-refractivity contribution in [1.82, 2.24) is 19.9 Å². The van der Waals surface area contributed by atoms with Gasteiger partial charge in [-0.1, -0.05) is 0 Å². The molecule has 7 nitrogen and oxygen atoms in total. The molecule has 1 aliphatic rings. The first-order valence-electron chi connectivity index (χ1n) is 7.06. The van der Waals surface area contributed by atoms with Gasteiger partial charge < -0.3 is 15.1 Å². The van der Waals surface area contributed by atoms with E-state index in [1.165, 1.54) is 0 Å². The van der Waals surface area contributed by atoms with E-state index in [0.29, 0.717) is 5.95 Å². The normalized spacial score (nSPS) is 15.1. The maximum atomic E-state index is 4.53. The molecule has 0 aromatic carbocycles. The summed E-state index contributed by atoms with van der Waals surface area (Å²) in [5.74, 6) is 2.44. The van der Waals surface area contributed by atoms with Crippen molar-refractivity contribution in [3.63, 3.8) is 0 Å². The smallest absolute Gasteiger partial charge is 0.225 e. The van der Waals surface area contributed by atoms with Gasteiger partial charge in [0.05, 0.1) is 0 Å². The van der Waals surface area contributed by atoms with Gasteiger partial charge in [0.1, 0.15) is 5.82 Å². The molecular formula is C14H19N7. The minimum atomic E-state index is 0.666. The molecule has 1 fully saturated rings. The Bertz CT molecular complexity index is 594. The van der Waals surface area contributed by atoms with E-state index in [2.05, 4.69) is 35.1 Å². The van der Waals surface area contributed by atoms with Crippen molar-refractivity contribution in [3.05, 3.63) is 30.2 Å². The van der Waals surface area contributed by atoms with Crippen LogP contribution in [0.2, 0.25) is 0 Å². The van der Waals surface area contributed by atoms with Crippen molar-refractivity contribution in [2.45, 2.75) is 6.92 Å². The van der Waals surface area contributed by atoms with Crippen LogP contribution in [0.25, 0.3) is 0 Å². The highest BCUT2D eigenvalue weighted by Crippen LogP contribution is 2.18. The first-order valence-corrected chi connectivity index (χ1v) is 7.06. The molecule has 0 bridgehead atoms. The van der Waals surface area contributed by atoms with Crippen LogP contribution in [0.15, 0.2) is 24.5 Å². The third kappa shape index (κ3) is 3.01. The van der Waals surface area contributed by atoms with Gasteiger partial charge in [-0.05, 0) is 13.0 Å². The molecule has 0 radical (unpaired) electrons. The number of piperazine rings is 1. The second-order valence-corrected chi connectivity index (χ2v) is 4.96. The number of nitrogens with one attached hydrogen (secondary N) is 1. The Hall–Kier alpha value is -2.44. The molecule has 0 spiro atoms. The molecule has 3 rings (SSSR count). The number of hydrogen-bond donors (Lipinski definition) is 1. The van der Waals surface area contributed by atoms with Gasteiger partial charge in [-0.3, -0.25) is 0 Å². The lowest BCUT2D eigenvalue weighted by Gasteiger charge is -2.35. The van der Waals surface area contributed by atoms with Crippen molar-refractivity contribution >= 4 is 17.7 Å². The lowest BCUT2D eigenvalue weighted by molar-refractivity contribution is 0.634. The van der Waals surface area contributed by atoms with Crippen molar-refractivity contribution in [2.75, 3.05) is 48.3 Å². The summed E-state index contributed by atoms with van der Waals surface area (Å²) in [5, 5.41) is 3.00. The number of hydrogen-bond acceptors (Lipinski definition) is 7. The standard InChI is InChI=1S/C14H19N7/c1-11-10-12(19-13(15-2)18-11)20-6-8-21(9-7-20)14-16-4-3-5-17-14/h3-5,10H,6-9H2,1-2H3,(H,15,18,19). The zero-order valence-corrected chi connectivity index (χ0v) is 12.3. The summed E-state index contributed by atoms with van der Waals surface area (Å²) >= 11 is 0. The van der Waals surface area contributed by atoms with E-state index in [4.69, 9.17) is 0 Å². The lowest BCUT2D eigenvalue weighted by Crippen LogP contribution is -2.47. The largest absolute Gasteiger partial charge is 0.357 e. The molecule has 1 saturated heterocycles. The fourth-order valence-corrected chi connectivity index (χ4v) is 2.42. The molecule has 2 aromatic rings. The van der Waals surface area contributed by atoms with Crippen LogP contribution in [0.1, 0.15) is 5.69 Å². The Morgan fingerprint density at radius 2 is 1.67 bits per heavy atom. The van der Waals surface area contributed by atoms with Gasteiger partial charge in [-0.2, -0.15) is 4.98 Å². The fourth-order valence-electron chi connectivity index (χ4n) is 2.42. The van der Waals surface area contributed by atoms with Gasteiger partial charge in [0.25, 0.3) is 0 Å². The summed E-state index contributed by atoms with van der Waals surface area (Å²) < 4.78 is 0. The molecule has 0 saturated carbocycles. The van der Waals surface area contributed by atoms with E-state index < -0.39 is 0 Å². The quantitative estimate of drug-likeness (QED) is 0.900. The highest BCUT2D eigenvalue weighted by molar-refractivity contribution is 5.46. The zero-order chi connectivity index (χ0) is 14.7.